The van der Waals surface area contributed by atoms with Crippen LogP contribution >= 0.6 is 22.9 Å². The molecular formula is C16H11ClN2OS. The zero-order valence-corrected chi connectivity index (χ0v) is 12.6. The third-order valence-electron chi connectivity index (χ3n) is 3.16. The first-order valence-corrected chi connectivity index (χ1v) is 7.53. The molecular weight excluding hydrogens is 304 g/mol. The van der Waals surface area contributed by atoms with Gasteiger partial charge in [-0.25, -0.2) is 0 Å². The SMILES string of the molecule is N#CC(C#N)C(CC(=O)c1cccs1)c1cccc(Cl)c1. The molecule has 1 unspecified atom stereocenters. The van der Waals surface area contributed by atoms with E-state index in [0.717, 1.165) is 5.56 Å². The van der Waals surface area contributed by atoms with Crippen LogP contribution in [0.25, 0.3) is 0 Å². The van der Waals surface area contributed by atoms with Crippen molar-refractivity contribution in [1.29, 1.82) is 10.5 Å². The molecule has 0 saturated carbocycles. The Morgan fingerprint density at radius 2 is 2.00 bits per heavy atom. The summed E-state index contributed by atoms with van der Waals surface area (Å²) in [4.78, 5) is 12.9. The number of hydrogen-bond acceptors (Lipinski definition) is 4. The van der Waals surface area contributed by atoms with Crippen molar-refractivity contribution < 1.29 is 4.79 Å². The standard InChI is InChI=1S/C16H11ClN2OS/c17-13-4-1-3-11(7-13)14(12(9-18)10-19)8-15(20)16-5-2-6-21-16/h1-7,12,14H,8H2. The van der Waals surface area contributed by atoms with Crippen molar-refractivity contribution in [1.82, 2.24) is 0 Å². The number of ketones is 1. The molecule has 1 aromatic carbocycles. The van der Waals surface area contributed by atoms with Crippen molar-refractivity contribution in [3.05, 3.63) is 57.2 Å². The second-order valence-electron chi connectivity index (χ2n) is 4.50. The van der Waals surface area contributed by atoms with Crippen molar-refractivity contribution in [2.75, 3.05) is 0 Å². The van der Waals surface area contributed by atoms with Crippen molar-refractivity contribution in [3.63, 3.8) is 0 Å². The number of thiophene rings is 1. The Morgan fingerprint density at radius 3 is 2.57 bits per heavy atom. The van der Waals surface area contributed by atoms with Crippen LogP contribution in [0.1, 0.15) is 27.6 Å². The van der Waals surface area contributed by atoms with Gasteiger partial charge < -0.3 is 0 Å². The molecule has 0 spiro atoms. The Bertz CT molecular complexity index is 699. The van der Waals surface area contributed by atoms with E-state index in [2.05, 4.69) is 0 Å². The van der Waals surface area contributed by atoms with Crippen LogP contribution in [-0.2, 0) is 0 Å². The Balaban J connectivity index is 2.31. The summed E-state index contributed by atoms with van der Waals surface area (Å²) in [6.45, 7) is 0. The molecule has 1 aromatic heterocycles. The van der Waals surface area contributed by atoms with Gasteiger partial charge in [0.15, 0.2) is 5.78 Å². The third kappa shape index (κ3) is 3.70. The van der Waals surface area contributed by atoms with Crippen molar-refractivity contribution >= 4 is 28.7 Å². The van der Waals surface area contributed by atoms with Crippen LogP contribution in [0.15, 0.2) is 41.8 Å². The number of carbonyl (C=O) groups excluding carboxylic acids is 1. The molecule has 0 radical (unpaired) electrons. The van der Waals surface area contributed by atoms with Crippen LogP contribution in [-0.4, -0.2) is 5.78 Å². The highest BCUT2D eigenvalue weighted by atomic mass is 35.5. The van der Waals surface area contributed by atoms with Gasteiger partial charge in [0.25, 0.3) is 0 Å². The average Bonchev–Trinajstić information content (AvgIpc) is 3.01. The molecule has 1 atom stereocenters. The molecule has 0 N–H and O–H groups in total. The number of hydrogen-bond donors (Lipinski definition) is 0. The number of benzene rings is 1. The minimum Gasteiger partial charge on any atom is -0.293 e. The lowest BCUT2D eigenvalue weighted by atomic mass is 9.83. The Kier molecular flexibility index (Phi) is 5.11. The van der Waals surface area contributed by atoms with Crippen LogP contribution in [0.3, 0.4) is 0 Å². The van der Waals surface area contributed by atoms with Gasteiger partial charge in [-0.3, -0.25) is 4.79 Å². The number of carbonyl (C=O) groups is 1. The average molecular weight is 315 g/mol. The molecule has 2 aromatic rings. The summed E-state index contributed by atoms with van der Waals surface area (Å²) in [5, 5.41) is 20.7. The molecule has 0 bridgehead atoms. The molecule has 0 aliphatic carbocycles. The lowest BCUT2D eigenvalue weighted by molar-refractivity contribution is 0.0975. The smallest absolute Gasteiger partial charge is 0.173 e. The monoisotopic (exact) mass is 314 g/mol. The summed E-state index contributed by atoms with van der Waals surface area (Å²) in [6.07, 6.45) is 0.118. The summed E-state index contributed by atoms with van der Waals surface area (Å²) >= 11 is 7.32. The summed E-state index contributed by atoms with van der Waals surface area (Å²) in [5.41, 5.74) is 0.737. The van der Waals surface area contributed by atoms with Crippen LogP contribution in [0, 0.1) is 28.6 Å². The molecule has 0 aliphatic rings. The Hall–Kier alpha value is -2.14. The van der Waals surface area contributed by atoms with E-state index in [1.807, 2.05) is 17.5 Å². The highest BCUT2D eigenvalue weighted by Gasteiger charge is 2.26. The first kappa shape index (κ1) is 15.3. The van der Waals surface area contributed by atoms with Gasteiger partial charge in [0, 0.05) is 17.4 Å². The maximum atomic E-state index is 12.3. The maximum Gasteiger partial charge on any atom is 0.173 e. The van der Waals surface area contributed by atoms with Gasteiger partial charge in [0.05, 0.1) is 17.0 Å². The van der Waals surface area contributed by atoms with Crippen molar-refractivity contribution in [2.45, 2.75) is 12.3 Å². The summed E-state index contributed by atoms with van der Waals surface area (Å²) < 4.78 is 0. The molecule has 0 saturated heterocycles. The predicted octanol–water partition coefficient (Wildman–Crippen LogP) is 4.42. The fourth-order valence-electron chi connectivity index (χ4n) is 2.11. The summed E-state index contributed by atoms with van der Waals surface area (Å²) in [6, 6.07) is 14.5. The molecule has 5 heteroatoms. The van der Waals surface area contributed by atoms with E-state index < -0.39 is 11.8 Å². The van der Waals surface area contributed by atoms with E-state index in [-0.39, 0.29) is 12.2 Å². The van der Waals surface area contributed by atoms with Gasteiger partial charge in [-0.1, -0.05) is 29.8 Å². The Labute approximate surface area is 132 Å². The van der Waals surface area contributed by atoms with Gasteiger partial charge in [-0.2, -0.15) is 10.5 Å². The topological polar surface area (TPSA) is 64.7 Å². The van der Waals surface area contributed by atoms with Gasteiger partial charge in [-0.15, -0.1) is 11.3 Å². The molecule has 1 heterocycles. The van der Waals surface area contributed by atoms with Crippen molar-refractivity contribution in [3.8, 4) is 12.1 Å². The zero-order valence-electron chi connectivity index (χ0n) is 11.0. The van der Waals surface area contributed by atoms with Gasteiger partial charge in [0.1, 0.15) is 5.92 Å². The van der Waals surface area contributed by atoms with E-state index in [1.165, 1.54) is 11.3 Å². The molecule has 0 fully saturated rings. The Morgan fingerprint density at radius 1 is 1.24 bits per heavy atom. The third-order valence-corrected chi connectivity index (χ3v) is 4.30. The van der Waals surface area contributed by atoms with Gasteiger partial charge in [0.2, 0.25) is 0 Å². The minimum atomic E-state index is -0.882. The normalized spacial score (nSPS) is 11.6. The van der Waals surface area contributed by atoms with Gasteiger partial charge >= 0.3 is 0 Å². The quantitative estimate of drug-likeness (QED) is 0.767. The highest BCUT2D eigenvalue weighted by molar-refractivity contribution is 7.12. The van der Waals surface area contributed by atoms with Crippen molar-refractivity contribution in [2.24, 2.45) is 5.92 Å². The number of nitriles is 2. The number of rotatable bonds is 5. The highest BCUT2D eigenvalue weighted by Crippen LogP contribution is 2.31. The number of nitrogens with zero attached hydrogens (tertiary/aromatic N) is 2. The predicted molar refractivity (Wildman–Crippen MR) is 82.2 cm³/mol. The molecule has 21 heavy (non-hydrogen) atoms. The fraction of sp³-hybridized carbons (Fsp3) is 0.188. The molecule has 104 valence electrons. The van der Waals surface area contributed by atoms with Gasteiger partial charge in [-0.05, 0) is 29.1 Å². The molecule has 0 aliphatic heterocycles. The van der Waals surface area contributed by atoms with E-state index >= 15 is 0 Å². The second kappa shape index (κ2) is 7.04. The van der Waals surface area contributed by atoms with Crippen LogP contribution in [0.5, 0.6) is 0 Å². The summed E-state index contributed by atoms with van der Waals surface area (Å²) in [7, 11) is 0. The van der Waals surface area contributed by atoms with E-state index in [1.54, 1.807) is 36.4 Å². The second-order valence-corrected chi connectivity index (χ2v) is 5.89. The molecule has 0 amide bonds. The molecule has 2 rings (SSSR count). The van der Waals surface area contributed by atoms with E-state index in [4.69, 9.17) is 22.1 Å². The van der Waals surface area contributed by atoms with E-state index in [9.17, 15) is 4.79 Å². The van der Waals surface area contributed by atoms with Crippen LogP contribution in [0.2, 0.25) is 5.02 Å². The summed E-state index contributed by atoms with van der Waals surface area (Å²) in [5.74, 6) is -1.42. The molecule has 3 nitrogen and oxygen atoms in total. The largest absolute Gasteiger partial charge is 0.293 e. The zero-order chi connectivity index (χ0) is 15.2. The lowest BCUT2D eigenvalue weighted by Gasteiger charge is -2.17. The number of halogens is 1. The first-order valence-electron chi connectivity index (χ1n) is 6.27. The minimum absolute atomic E-state index is 0.0644. The van der Waals surface area contributed by atoms with Crippen LogP contribution < -0.4 is 0 Å². The number of Topliss-reactive ketones (excluding diaryl/α,β-unsaturated/α-hetero) is 1. The van der Waals surface area contributed by atoms with Crippen LogP contribution in [0.4, 0.5) is 0 Å². The maximum absolute atomic E-state index is 12.3. The lowest BCUT2D eigenvalue weighted by Crippen LogP contribution is -2.14. The first-order chi connectivity index (χ1) is 10.2. The fourth-order valence-corrected chi connectivity index (χ4v) is 2.99. The van der Waals surface area contributed by atoms with E-state index in [0.29, 0.717) is 9.90 Å².